The summed E-state index contributed by atoms with van der Waals surface area (Å²) < 4.78 is 4.31. The molecule has 2 N–H and O–H groups in total. The fraction of sp³-hybridized carbons (Fsp3) is 0.538. The highest BCUT2D eigenvalue weighted by molar-refractivity contribution is 7.11. The van der Waals surface area contributed by atoms with Crippen molar-refractivity contribution in [3.8, 4) is 11.3 Å². The van der Waals surface area contributed by atoms with Crippen LogP contribution >= 0.6 is 22.9 Å². The van der Waals surface area contributed by atoms with Gasteiger partial charge in [0.05, 0.1) is 16.3 Å². The quantitative estimate of drug-likeness (QED) is 0.933. The molecule has 2 aromatic heterocycles. The van der Waals surface area contributed by atoms with Crippen molar-refractivity contribution in [3.63, 3.8) is 0 Å². The molecule has 6 heteroatoms. The number of hydrogen-bond acceptors (Lipinski definition) is 6. The van der Waals surface area contributed by atoms with E-state index in [1.807, 2.05) is 12.3 Å². The third-order valence-corrected chi connectivity index (χ3v) is 5.37. The standard InChI is InChI=1S/C13H20N4S2/c1-6-13(3,4)17(5)12-10(11(14)16-19-12)9-7-18-8(2)15-9/h7H,6H2,1-5H3,(H2,14,16). The van der Waals surface area contributed by atoms with Gasteiger partial charge in [-0.25, -0.2) is 4.98 Å². The number of nitrogens with zero attached hydrogens (tertiary/aromatic N) is 3. The molecule has 0 spiro atoms. The van der Waals surface area contributed by atoms with E-state index < -0.39 is 0 Å². The van der Waals surface area contributed by atoms with E-state index in [1.54, 1.807) is 11.3 Å². The minimum absolute atomic E-state index is 0.0682. The van der Waals surface area contributed by atoms with Gasteiger partial charge in [0.2, 0.25) is 0 Å². The van der Waals surface area contributed by atoms with Gasteiger partial charge in [-0.3, -0.25) is 0 Å². The van der Waals surface area contributed by atoms with Crippen LogP contribution in [0.4, 0.5) is 10.8 Å². The molecule has 0 bridgehead atoms. The summed E-state index contributed by atoms with van der Waals surface area (Å²) in [7, 11) is 2.10. The first-order valence-corrected chi connectivity index (χ1v) is 7.93. The van der Waals surface area contributed by atoms with Crippen molar-refractivity contribution in [2.24, 2.45) is 0 Å². The van der Waals surface area contributed by atoms with Crippen LogP contribution < -0.4 is 10.6 Å². The molecule has 0 aliphatic carbocycles. The Kier molecular flexibility index (Phi) is 3.82. The Balaban J connectivity index is 2.49. The van der Waals surface area contributed by atoms with Gasteiger partial charge in [-0.2, -0.15) is 4.37 Å². The molecule has 19 heavy (non-hydrogen) atoms. The Morgan fingerprint density at radius 3 is 2.63 bits per heavy atom. The lowest BCUT2D eigenvalue weighted by Gasteiger charge is -2.35. The molecule has 0 saturated heterocycles. The number of nitrogen functional groups attached to an aromatic ring is 1. The summed E-state index contributed by atoms with van der Waals surface area (Å²) in [6.45, 7) is 8.63. The summed E-state index contributed by atoms with van der Waals surface area (Å²) in [5.41, 5.74) is 8.01. The first kappa shape index (κ1) is 14.3. The van der Waals surface area contributed by atoms with Crippen molar-refractivity contribution in [1.29, 1.82) is 0 Å². The van der Waals surface area contributed by atoms with Crippen LogP contribution in [0.25, 0.3) is 11.3 Å². The minimum atomic E-state index is 0.0682. The van der Waals surface area contributed by atoms with E-state index in [-0.39, 0.29) is 5.54 Å². The number of aryl methyl sites for hydroxylation is 1. The number of nitrogens with two attached hydrogens (primary N) is 1. The van der Waals surface area contributed by atoms with Crippen molar-refractivity contribution < 1.29 is 0 Å². The zero-order valence-electron chi connectivity index (χ0n) is 12.0. The Bertz CT molecular complexity index is 571. The van der Waals surface area contributed by atoms with Crippen LogP contribution in [0.15, 0.2) is 5.38 Å². The SMILES string of the molecule is CCC(C)(C)N(C)c1snc(N)c1-c1csc(C)n1. The first-order valence-electron chi connectivity index (χ1n) is 6.28. The Hall–Kier alpha value is -1.14. The molecule has 0 aromatic carbocycles. The largest absolute Gasteiger partial charge is 0.382 e. The zero-order chi connectivity index (χ0) is 14.2. The van der Waals surface area contributed by atoms with E-state index in [0.29, 0.717) is 5.82 Å². The second-order valence-electron chi connectivity index (χ2n) is 5.22. The molecule has 0 saturated carbocycles. The topological polar surface area (TPSA) is 55.0 Å². The molecule has 104 valence electrons. The van der Waals surface area contributed by atoms with Gasteiger partial charge in [0.25, 0.3) is 0 Å². The van der Waals surface area contributed by atoms with E-state index in [1.165, 1.54) is 11.5 Å². The van der Waals surface area contributed by atoms with Crippen molar-refractivity contribution in [3.05, 3.63) is 10.4 Å². The third-order valence-electron chi connectivity index (χ3n) is 3.65. The normalized spacial score (nSPS) is 11.8. The molecule has 0 amide bonds. The molecular formula is C13H20N4S2. The maximum atomic E-state index is 6.04. The van der Waals surface area contributed by atoms with Gasteiger partial charge < -0.3 is 10.6 Å². The number of hydrogen-bond donors (Lipinski definition) is 1. The van der Waals surface area contributed by atoms with Gasteiger partial charge in [-0.15, -0.1) is 11.3 Å². The molecule has 0 aliphatic rings. The Morgan fingerprint density at radius 2 is 2.11 bits per heavy atom. The highest BCUT2D eigenvalue weighted by Crippen LogP contribution is 2.41. The number of thiazole rings is 1. The van der Waals surface area contributed by atoms with Crippen molar-refractivity contribution >= 4 is 33.7 Å². The van der Waals surface area contributed by atoms with Crippen LogP contribution in [0.3, 0.4) is 0 Å². The fourth-order valence-corrected chi connectivity index (χ4v) is 3.30. The van der Waals surface area contributed by atoms with Crippen LogP contribution in [-0.4, -0.2) is 21.9 Å². The first-order chi connectivity index (χ1) is 8.86. The fourth-order valence-electron chi connectivity index (χ4n) is 1.75. The van der Waals surface area contributed by atoms with E-state index >= 15 is 0 Å². The Labute approximate surface area is 122 Å². The maximum Gasteiger partial charge on any atom is 0.148 e. The molecule has 4 nitrogen and oxygen atoms in total. The van der Waals surface area contributed by atoms with Crippen LogP contribution in [0, 0.1) is 6.92 Å². The third kappa shape index (κ3) is 2.60. The van der Waals surface area contributed by atoms with Gasteiger partial charge in [-0.05, 0) is 38.7 Å². The minimum Gasteiger partial charge on any atom is -0.382 e. The second kappa shape index (κ2) is 5.09. The number of rotatable bonds is 4. The predicted octanol–water partition coefficient (Wildman–Crippen LogP) is 3.78. The zero-order valence-corrected chi connectivity index (χ0v) is 13.7. The van der Waals surface area contributed by atoms with E-state index in [9.17, 15) is 0 Å². The van der Waals surface area contributed by atoms with Crippen LogP contribution in [0.5, 0.6) is 0 Å². The van der Waals surface area contributed by atoms with Crippen LogP contribution in [-0.2, 0) is 0 Å². The number of anilines is 2. The molecule has 2 aromatic rings. The highest BCUT2D eigenvalue weighted by atomic mass is 32.1. The molecule has 0 aliphatic heterocycles. The molecule has 2 heterocycles. The van der Waals surface area contributed by atoms with Gasteiger partial charge in [0.15, 0.2) is 0 Å². The summed E-state index contributed by atoms with van der Waals surface area (Å²) in [4.78, 5) is 6.80. The summed E-state index contributed by atoms with van der Waals surface area (Å²) in [6.07, 6.45) is 1.05. The van der Waals surface area contributed by atoms with Crippen molar-refractivity contribution in [1.82, 2.24) is 9.36 Å². The van der Waals surface area contributed by atoms with E-state index in [2.05, 4.69) is 42.1 Å². The maximum absolute atomic E-state index is 6.04. The lowest BCUT2D eigenvalue weighted by Crippen LogP contribution is -2.40. The second-order valence-corrected chi connectivity index (χ2v) is 7.04. The molecule has 0 unspecified atom stereocenters. The monoisotopic (exact) mass is 296 g/mol. The highest BCUT2D eigenvalue weighted by Gasteiger charge is 2.27. The lowest BCUT2D eigenvalue weighted by atomic mass is 10.00. The van der Waals surface area contributed by atoms with Crippen molar-refractivity contribution in [2.45, 2.75) is 39.7 Å². The summed E-state index contributed by atoms with van der Waals surface area (Å²) in [6, 6.07) is 0. The molecule has 2 rings (SSSR count). The van der Waals surface area contributed by atoms with Crippen molar-refractivity contribution in [2.75, 3.05) is 17.7 Å². The molecule has 0 atom stereocenters. The predicted molar refractivity (Wildman–Crippen MR) is 85.1 cm³/mol. The van der Waals surface area contributed by atoms with Crippen LogP contribution in [0.1, 0.15) is 32.2 Å². The molecular weight excluding hydrogens is 276 g/mol. The number of aromatic nitrogens is 2. The Morgan fingerprint density at radius 1 is 1.42 bits per heavy atom. The van der Waals surface area contributed by atoms with E-state index in [0.717, 1.165) is 27.7 Å². The average molecular weight is 296 g/mol. The smallest absolute Gasteiger partial charge is 0.148 e. The summed E-state index contributed by atoms with van der Waals surface area (Å²) in [5, 5.41) is 4.18. The van der Waals surface area contributed by atoms with E-state index in [4.69, 9.17) is 5.73 Å². The van der Waals surface area contributed by atoms with Gasteiger partial charge in [0.1, 0.15) is 10.8 Å². The summed E-state index contributed by atoms with van der Waals surface area (Å²) in [5.74, 6) is 0.573. The van der Waals surface area contributed by atoms with Gasteiger partial charge in [-0.1, -0.05) is 6.92 Å². The van der Waals surface area contributed by atoms with Crippen LogP contribution in [0.2, 0.25) is 0 Å². The lowest BCUT2D eigenvalue weighted by molar-refractivity contribution is 0.473. The molecule has 0 fully saturated rings. The molecule has 0 radical (unpaired) electrons. The van der Waals surface area contributed by atoms with Gasteiger partial charge >= 0.3 is 0 Å². The summed E-state index contributed by atoms with van der Waals surface area (Å²) >= 11 is 3.08. The average Bonchev–Trinajstić information content (AvgIpc) is 2.94. The van der Waals surface area contributed by atoms with Gasteiger partial charge in [0, 0.05) is 18.0 Å².